The Morgan fingerprint density at radius 1 is 0.640 bits per heavy atom. The maximum Gasteiger partial charge on any atom is 0.295 e. The number of aromatic nitrogens is 4. The molecule has 12 nitrogen and oxygen atoms in total. The molecule has 258 valence electrons. The molecular formula is C34H28Cl2N4O8S2. The Kier molecular flexibility index (Phi) is 8.81. The molecular weight excluding hydrogens is 727 g/mol. The molecule has 0 atom stereocenters. The highest BCUT2D eigenvalue weighted by molar-refractivity contribution is 7.87. The summed E-state index contributed by atoms with van der Waals surface area (Å²) in [5.74, 6) is 0.859. The van der Waals surface area contributed by atoms with E-state index in [-0.39, 0.29) is 50.6 Å². The number of rotatable bonds is 10. The van der Waals surface area contributed by atoms with Crippen LogP contribution >= 0.6 is 23.2 Å². The third-order valence-electron chi connectivity index (χ3n) is 8.59. The number of aryl methyl sites for hydroxylation is 2. The van der Waals surface area contributed by atoms with Crippen LogP contribution in [0.15, 0.2) is 70.5 Å². The minimum Gasteiger partial charge on any atom is -0.436 e. The summed E-state index contributed by atoms with van der Waals surface area (Å²) in [6.45, 7) is 3.65. The summed E-state index contributed by atoms with van der Waals surface area (Å²) in [5, 5.41) is 15.5. The molecule has 7 rings (SSSR count). The fourth-order valence-electron chi connectivity index (χ4n) is 6.01. The fourth-order valence-corrected chi connectivity index (χ4v) is 8.01. The van der Waals surface area contributed by atoms with Gasteiger partial charge in [0.1, 0.15) is 21.3 Å². The molecule has 16 heteroatoms. The van der Waals surface area contributed by atoms with Gasteiger partial charge >= 0.3 is 0 Å². The number of nitrogens with zero attached hydrogens (tertiary/aromatic N) is 4. The van der Waals surface area contributed by atoms with Crippen molar-refractivity contribution in [3.8, 4) is 45.5 Å². The molecule has 0 aliphatic heterocycles. The molecule has 2 saturated carbocycles. The van der Waals surface area contributed by atoms with Gasteiger partial charge in [0.15, 0.2) is 10.3 Å². The standard InChI is InChI=1S/C34H28Cl2N4O8S2/c1-17-5-3-7-21(19-9-10-19)30(17)47-33-24(15-27(35)37-39-33)23-13-14-26(49(41,42)43)29(32(23)50(44,45)46)25-16-28(36)38-40-34(25)48-31-18(2)6-4-8-22(31)20-11-12-20/h3-8,13-16,19-20H,9-12H2,1-2H3,(H,41,42,43)(H,44,45,46). The Hall–Kier alpha value is -4.18. The second kappa shape index (κ2) is 12.9. The molecule has 3 aromatic carbocycles. The average molecular weight is 756 g/mol. The normalized spacial score (nSPS) is 14.8. The largest absolute Gasteiger partial charge is 0.436 e. The van der Waals surface area contributed by atoms with E-state index in [0.717, 1.165) is 66.1 Å². The van der Waals surface area contributed by atoms with Crippen molar-refractivity contribution in [2.45, 2.75) is 61.2 Å². The molecule has 0 unspecified atom stereocenters. The predicted octanol–water partition coefficient (Wildman–Crippen LogP) is 8.36. The smallest absolute Gasteiger partial charge is 0.295 e. The van der Waals surface area contributed by atoms with E-state index in [0.29, 0.717) is 11.5 Å². The van der Waals surface area contributed by atoms with Gasteiger partial charge in [-0.15, -0.1) is 20.4 Å². The van der Waals surface area contributed by atoms with E-state index in [2.05, 4.69) is 20.4 Å². The third-order valence-corrected chi connectivity index (χ3v) is 10.8. The highest BCUT2D eigenvalue weighted by Crippen LogP contribution is 2.50. The molecule has 2 aromatic heterocycles. The van der Waals surface area contributed by atoms with Crippen LogP contribution < -0.4 is 9.47 Å². The molecule has 2 aliphatic carbocycles. The maximum absolute atomic E-state index is 13.5. The molecule has 0 amide bonds. The lowest BCUT2D eigenvalue weighted by atomic mass is 9.99. The number of halogens is 2. The van der Waals surface area contributed by atoms with E-state index in [1.165, 1.54) is 6.07 Å². The summed E-state index contributed by atoms with van der Waals surface area (Å²) < 4.78 is 86.7. The van der Waals surface area contributed by atoms with Crippen LogP contribution in [-0.4, -0.2) is 46.3 Å². The summed E-state index contributed by atoms with van der Waals surface area (Å²) in [5.41, 5.74) is 1.95. The quantitative estimate of drug-likeness (QED) is 0.130. The number of benzene rings is 3. The zero-order valence-electron chi connectivity index (χ0n) is 26.5. The lowest BCUT2D eigenvalue weighted by molar-refractivity contribution is 0.448. The van der Waals surface area contributed by atoms with Crippen molar-refractivity contribution in [2.75, 3.05) is 0 Å². The highest BCUT2D eigenvalue weighted by atomic mass is 35.5. The van der Waals surface area contributed by atoms with Crippen molar-refractivity contribution in [1.82, 2.24) is 20.4 Å². The lowest BCUT2D eigenvalue weighted by Crippen LogP contribution is -2.11. The monoisotopic (exact) mass is 754 g/mol. The number of hydrogen-bond donors (Lipinski definition) is 2. The minimum atomic E-state index is -5.36. The molecule has 50 heavy (non-hydrogen) atoms. The van der Waals surface area contributed by atoms with E-state index in [1.807, 2.05) is 50.2 Å². The van der Waals surface area contributed by atoms with Crippen molar-refractivity contribution in [1.29, 1.82) is 0 Å². The van der Waals surface area contributed by atoms with Crippen molar-refractivity contribution >= 4 is 43.4 Å². The summed E-state index contributed by atoms with van der Waals surface area (Å²) in [6, 6.07) is 15.7. The second-order valence-corrected chi connectivity index (χ2v) is 15.8. The molecule has 5 aromatic rings. The van der Waals surface area contributed by atoms with Gasteiger partial charge in [-0.25, -0.2) is 0 Å². The van der Waals surface area contributed by atoms with E-state index in [1.54, 1.807) is 0 Å². The Morgan fingerprint density at radius 3 is 1.58 bits per heavy atom. The van der Waals surface area contributed by atoms with E-state index < -0.39 is 35.6 Å². The first-order chi connectivity index (χ1) is 23.7. The van der Waals surface area contributed by atoms with Crippen LogP contribution in [0.5, 0.6) is 23.3 Å². The van der Waals surface area contributed by atoms with Crippen LogP contribution in [0, 0.1) is 13.8 Å². The highest BCUT2D eigenvalue weighted by Gasteiger charge is 2.35. The molecule has 2 heterocycles. The van der Waals surface area contributed by atoms with Crippen LogP contribution in [0.1, 0.15) is 59.8 Å². The fraction of sp³-hybridized carbons (Fsp3) is 0.235. The summed E-state index contributed by atoms with van der Waals surface area (Å²) in [4.78, 5) is -1.84. The number of ether oxygens (including phenoxy) is 2. The SMILES string of the molecule is Cc1cccc(C2CC2)c1Oc1nnc(Cl)cc1-c1ccc(S(=O)(=O)O)c(-c2cc(Cl)nnc2Oc2c(C)cccc2C2CC2)c1S(=O)(=O)O. The van der Waals surface area contributed by atoms with Crippen molar-refractivity contribution in [3.63, 3.8) is 0 Å². The first-order valence-electron chi connectivity index (χ1n) is 15.4. The molecule has 0 bridgehead atoms. The molecule has 0 saturated heterocycles. The Balaban J connectivity index is 1.50. The molecule has 0 spiro atoms. The van der Waals surface area contributed by atoms with Gasteiger partial charge in [-0.1, -0.05) is 65.7 Å². The van der Waals surface area contributed by atoms with Crippen LogP contribution in [0.4, 0.5) is 0 Å². The Labute approximate surface area is 297 Å². The summed E-state index contributed by atoms with van der Waals surface area (Å²) in [7, 11) is -10.5. The molecule has 2 aliphatic rings. The maximum atomic E-state index is 13.5. The van der Waals surface area contributed by atoms with Gasteiger partial charge in [-0.3, -0.25) is 9.11 Å². The van der Waals surface area contributed by atoms with Crippen molar-refractivity contribution < 1.29 is 35.4 Å². The zero-order valence-corrected chi connectivity index (χ0v) is 29.6. The molecule has 2 fully saturated rings. The van der Waals surface area contributed by atoms with Crippen LogP contribution in [0.25, 0.3) is 22.3 Å². The number of para-hydroxylation sites is 2. The summed E-state index contributed by atoms with van der Waals surface area (Å²) in [6.07, 6.45) is 3.78. The van der Waals surface area contributed by atoms with Gasteiger partial charge in [0.05, 0.1) is 11.1 Å². The van der Waals surface area contributed by atoms with E-state index in [4.69, 9.17) is 32.7 Å². The van der Waals surface area contributed by atoms with Crippen LogP contribution in [0.3, 0.4) is 0 Å². The van der Waals surface area contributed by atoms with Gasteiger partial charge in [0, 0.05) is 11.1 Å². The van der Waals surface area contributed by atoms with Gasteiger partial charge < -0.3 is 9.47 Å². The second-order valence-electron chi connectivity index (χ2n) is 12.3. The van der Waals surface area contributed by atoms with Crippen molar-refractivity contribution in [3.05, 3.63) is 93.2 Å². The van der Waals surface area contributed by atoms with Crippen LogP contribution in [-0.2, 0) is 20.2 Å². The summed E-state index contributed by atoms with van der Waals surface area (Å²) >= 11 is 12.6. The van der Waals surface area contributed by atoms with E-state index in [9.17, 15) is 25.9 Å². The van der Waals surface area contributed by atoms with Gasteiger partial charge in [0.25, 0.3) is 20.2 Å². The van der Waals surface area contributed by atoms with Gasteiger partial charge in [-0.05, 0) is 91.8 Å². The topological polar surface area (TPSA) is 179 Å². The predicted molar refractivity (Wildman–Crippen MR) is 185 cm³/mol. The number of hydrogen-bond acceptors (Lipinski definition) is 10. The molecule has 2 N–H and O–H groups in total. The first-order valence-corrected chi connectivity index (χ1v) is 19.1. The first kappa shape index (κ1) is 34.3. The molecule has 0 radical (unpaired) electrons. The Bertz CT molecular complexity index is 2420. The van der Waals surface area contributed by atoms with Gasteiger partial charge in [-0.2, -0.15) is 16.8 Å². The third kappa shape index (κ3) is 6.78. The van der Waals surface area contributed by atoms with E-state index >= 15 is 0 Å². The van der Waals surface area contributed by atoms with Crippen molar-refractivity contribution in [2.24, 2.45) is 0 Å². The minimum absolute atomic E-state index is 0.0590. The average Bonchev–Trinajstić information content (AvgIpc) is 3.97. The Morgan fingerprint density at radius 2 is 1.12 bits per heavy atom. The lowest BCUT2D eigenvalue weighted by Gasteiger charge is -2.20. The van der Waals surface area contributed by atoms with Gasteiger partial charge in [0.2, 0.25) is 11.8 Å². The van der Waals surface area contributed by atoms with Crippen LogP contribution in [0.2, 0.25) is 10.3 Å². The zero-order chi connectivity index (χ0) is 35.5.